The van der Waals surface area contributed by atoms with Gasteiger partial charge in [0.05, 0.1) is 33.8 Å². The largest absolute Gasteiger partial charge is 0.496 e. The molecule has 0 radical (unpaired) electrons. The number of pyridine rings is 1. The molecule has 0 bridgehead atoms. The summed E-state index contributed by atoms with van der Waals surface area (Å²) in [4.78, 5) is 58.0. The minimum Gasteiger partial charge on any atom is -0.496 e. The van der Waals surface area contributed by atoms with Gasteiger partial charge in [0.15, 0.2) is 0 Å². The normalized spacial score (nSPS) is 18.5. The number of anilines is 3. The number of amides is 3. The summed E-state index contributed by atoms with van der Waals surface area (Å²) in [5.74, 6) is 6.68. The average Bonchev–Trinajstić information content (AvgIpc) is 3.65. The van der Waals surface area contributed by atoms with Crippen molar-refractivity contribution in [3.63, 3.8) is 0 Å². The second-order valence-corrected chi connectivity index (χ2v) is 23.0. The van der Waals surface area contributed by atoms with Crippen molar-refractivity contribution in [1.29, 1.82) is 0 Å². The van der Waals surface area contributed by atoms with Crippen molar-refractivity contribution in [2.45, 2.75) is 84.2 Å². The number of ether oxygens (including phenoxy) is 1. The molecule has 1 spiro atoms. The van der Waals surface area contributed by atoms with Crippen molar-refractivity contribution in [3.05, 3.63) is 105 Å². The Hall–Kier alpha value is -5.61. The van der Waals surface area contributed by atoms with Crippen LogP contribution in [0.4, 0.5) is 17.1 Å². The summed E-state index contributed by atoms with van der Waals surface area (Å²) < 4.78 is 20.5. The van der Waals surface area contributed by atoms with Crippen LogP contribution in [0.1, 0.15) is 95.2 Å². The van der Waals surface area contributed by atoms with Crippen molar-refractivity contribution < 1.29 is 23.7 Å². The Balaban J connectivity index is 0.782. The highest BCUT2D eigenvalue weighted by molar-refractivity contribution is 9.10. The monoisotopic (exact) mass is 984 g/mol. The van der Waals surface area contributed by atoms with Gasteiger partial charge in [0.2, 0.25) is 11.8 Å². The number of methoxy groups -OCH3 is 1. The van der Waals surface area contributed by atoms with E-state index in [0.29, 0.717) is 46.7 Å². The highest BCUT2D eigenvalue weighted by Crippen LogP contribution is 2.45. The summed E-state index contributed by atoms with van der Waals surface area (Å²) in [5, 5.41) is 6.65. The van der Waals surface area contributed by atoms with Crippen molar-refractivity contribution in [2.24, 2.45) is 5.41 Å². The van der Waals surface area contributed by atoms with E-state index in [1.165, 1.54) is 36.9 Å². The number of carbonyl (C=O) groups excluding carboxylic acids is 3. The van der Waals surface area contributed by atoms with E-state index in [2.05, 4.69) is 84.2 Å². The lowest BCUT2D eigenvalue weighted by Gasteiger charge is -2.47. The highest BCUT2D eigenvalue weighted by atomic mass is 79.9. The quantitative estimate of drug-likeness (QED) is 0.0570. The van der Waals surface area contributed by atoms with Gasteiger partial charge in [-0.3, -0.25) is 34.7 Å². The number of imide groups is 1. The molecule has 13 nitrogen and oxygen atoms in total. The van der Waals surface area contributed by atoms with Crippen LogP contribution in [0.5, 0.6) is 5.75 Å². The Morgan fingerprint density at radius 2 is 1.75 bits per heavy atom. The summed E-state index contributed by atoms with van der Waals surface area (Å²) in [6, 6.07) is 13.3. The first-order valence-electron chi connectivity index (χ1n) is 23.3. The fraction of sp³-hybridized carbons (Fsp3) is 0.423. The van der Waals surface area contributed by atoms with Crippen LogP contribution in [0.2, 0.25) is 0 Å². The number of fused-ring (bicyclic) bond motifs is 2. The molecule has 3 aromatic carbocycles. The second-order valence-electron chi connectivity index (χ2n) is 19.0. The zero-order chi connectivity index (χ0) is 47.0. The van der Waals surface area contributed by atoms with E-state index in [0.717, 1.165) is 95.1 Å². The number of aromatic nitrogens is 3. The van der Waals surface area contributed by atoms with Gasteiger partial charge in [0.1, 0.15) is 24.4 Å². The van der Waals surface area contributed by atoms with Crippen LogP contribution in [-0.4, -0.2) is 102 Å². The van der Waals surface area contributed by atoms with E-state index in [1.807, 2.05) is 30.5 Å². The van der Waals surface area contributed by atoms with Crippen LogP contribution in [0.15, 0.2) is 65.5 Å². The smallest absolute Gasteiger partial charge is 0.255 e. The van der Waals surface area contributed by atoms with Crippen LogP contribution < -0.4 is 25.6 Å². The number of rotatable bonds is 11. The number of aryl methyl sites for hydroxylation is 1. The zero-order valence-electron chi connectivity index (χ0n) is 39.0. The van der Waals surface area contributed by atoms with Crippen molar-refractivity contribution in [3.8, 4) is 17.6 Å². The first-order valence-corrected chi connectivity index (χ1v) is 26.7. The molecule has 3 saturated heterocycles. The van der Waals surface area contributed by atoms with Crippen LogP contribution >= 0.6 is 23.1 Å². The zero-order valence-corrected chi connectivity index (χ0v) is 41.5. The predicted octanol–water partition coefficient (Wildman–Crippen LogP) is 8.27. The number of nitrogens with zero attached hydrogens (tertiary/aromatic N) is 6. The number of hydrogen-bond donors (Lipinski definition) is 2. The summed E-state index contributed by atoms with van der Waals surface area (Å²) in [7, 11) is -1.000. The molecule has 9 rings (SSSR count). The molecule has 1 atom stereocenters. The lowest BCUT2D eigenvalue weighted by atomic mass is 9.71. The van der Waals surface area contributed by atoms with Crippen LogP contribution in [0.25, 0.3) is 11.0 Å². The van der Waals surface area contributed by atoms with Crippen LogP contribution in [0, 0.1) is 31.1 Å². The number of unbranched alkanes of at least 4 members (excludes halogenated alkanes) is 1. The van der Waals surface area contributed by atoms with E-state index < -0.39 is 19.1 Å². The first-order chi connectivity index (χ1) is 32.2. The fourth-order valence-corrected chi connectivity index (χ4v) is 12.5. The van der Waals surface area contributed by atoms with Gasteiger partial charge in [-0.15, -0.1) is 0 Å². The highest BCUT2D eigenvalue weighted by Gasteiger charge is 2.40. The molecule has 1 unspecified atom stereocenters. The minimum atomic E-state index is -2.74. The summed E-state index contributed by atoms with van der Waals surface area (Å²) in [6.07, 6.45) is 12.8. The topological polar surface area (TPSA) is 150 Å². The maximum absolute atomic E-state index is 13.6. The molecule has 2 aromatic heterocycles. The van der Waals surface area contributed by atoms with Gasteiger partial charge >= 0.3 is 0 Å². The summed E-state index contributed by atoms with van der Waals surface area (Å²) in [6.45, 7) is 13.4. The Morgan fingerprint density at radius 3 is 2.49 bits per heavy atom. The molecule has 2 N–H and O–H groups in total. The Labute approximate surface area is 401 Å². The minimum absolute atomic E-state index is 0.172. The predicted molar refractivity (Wildman–Crippen MR) is 267 cm³/mol. The Bertz CT molecular complexity index is 2890. The van der Waals surface area contributed by atoms with Gasteiger partial charge < -0.3 is 29.3 Å². The molecular formula is C52H58BrN8O5P. The number of benzene rings is 3. The lowest BCUT2D eigenvalue weighted by Crippen LogP contribution is -2.52. The molecule has 3 amide bonds. The van der Waals surface area contributed by atoms with Crippen LogP contribution in [-0.2, 0) is 27.1 Å². The number of piperidine rings is 3. The Kier molecular flexibility index (Phi) is 13.3. The third kappa shape index (κ3) is 9.61. The molecule has 67 heavy (non-hydrogen) atoms. The average molecular weight is 986 g/mol. The third-order valence-electron chi connectivity index (χ3n) is 14.4. The molecule has 15 heteroatoms. The number of hydrogen-bond acceptors (Lipinski definition) is 11. The lowest BCUT2D eigenvalue weighted by molar-refractivity contribution is -0.136. The van der Waals surface area contributed by atoms with E-state index in [4.69, 9.17) is 9.72 Å². The molecule has 4 aliphatic rings. The van der Waals surface area contributed by atoms with Gasteiger partial charge in [-0.25, -0.2) is 0 Å². The van der Waals surface area contributed by atoms with Gasteiger partial charge in [-0.1, -0.05) is 17.9 Å². The number of carbonyl (C=O) groups is 3. The summed E-state index contributed by atoms with van der Waals surface area (Å²) >= 11 is 3.73. The first kappa shape index (κ1) is 46.5. The van der Waals surface area contributed by atoms with Crippen molar-refractivity contribution >= 4 is 74.2 Å². The maximum Gasteiger partial charge on any atom is 0.255 e. The summed E-state index contributed by atoms with van der Waals surface area (Å²) in [5.41, 5.74) is 11.1. The SMILES string of the molecule is COc1cc(N2CCC3(CCN(CCCC#Cc4cccc5c4CN(C4CCC(=O)NC4=O)C5=O)CC3)CC2)c(C)cc1Cc1ncc(Br)c(Nc2ccc3nccnc3c2P(C)(C)=O)c1C. The number of nitrogens with one attached hydrogen (secondary N) is 2. The molecule has 4 aliphatic heterocycles. The molecular weight excluding hydrogens is 928 g/mol. The molecule has 6 heterocycles. The molecule has 3 fully saturated rings. The van der Waals surface area contributed by atoms with E-state index >= 15 is 0 Å². The third-order valence-corrected chi connectivity index (χ3v) is 16.5. The fourth-order valence-electron chi connectivity index (χ4n) is 10.6. The van der Waals surface area contributed by atoms with Gasteiger partial charge in [-0.2, -0.15) is 0 Å². The molecule has 348 valence electrons. The molecule has 0 aliphatic carbocycles. The van der Waals surface area contributed by atoms with Crippen LogP contribution in [0.3, 0.4) is 0 Å². The van der Waals surface area contributed by atoms with E-state index in [1.54, 1.807) is 43.8 Å². The second kappa shape index (κ2) is 19.2. The number of halogens is 1. The van der Waals surface area contributed by atoms with Gasteiger partial charge in [-0.05, 0) is 154 Å². The van der Waals surface area contributed by atoms with E-state index in [9.17, 15) is 18.9 Å². The van der Waals surface area contributed by atoms with Crippen molar-refractivity contribution in [2.75, 3.05) is 63.4 Å². The van der Waals surface area contributed by atoms with Gasteiger partial charge in [0, 0.05) is 91.6 Å². The van der Waals surface area contributed by atoms with Gasteiger partial charge in [0.25, 0.3) is 5.91 Å². The van der Waals surface area contributed by atoms with E-state index in [-0.39, 0.29) is 18.2 Å². The number of likely N-dealkylation sites (tertiary alicyclic amines) is 1. The molecule has 0 saturated carbocycles. The molecule has 5 aromatic rings. The Morgan fingerprint density at radius 1 is 0.985 bits per heavy atom. The van der Waals surface area contributed by atoms with Crippen molar-refractivity contribution in [1.82, 2.24) is 30.1 Å². The standard InChI is InChI=1S/C52H58BrN8O5P/c1-33-28-36(29-42-34(2)47(39(53)31-56-42)57-41-14-13-40-48(55-22-21-54-40)49(41)67(4,5)65)45(66-3)30-44(33)60-26-19-52(20-27-60)17-24-59(25-18-52)23-8-6-7-10-35-11-9-12-37-38(35)32-61(51(37)64)43-15-16-46(62)58-50(43)63/h9,11-14,21-22,28,30-31,43H,6,8,15-20,23-27,29,32H2,1-5H3,(H,56,57)(H,58,62,63). The maximum atomic E-state index is 13.6.